The Labute approximate surface area is 158 Å². The molecule has 12 heteroatoms. The molecular formula is C16H22N2O10. The highest BCUT2D eigenvalue weighted by Gasteiger charge is 2.45. The molecule has 9 N–H and O–H groups in total. The zero-order valence-electron chi connectivity index (χ0n) is 14.5. The predicted octanol–water partition coefficient (Wildman–Crippen LogP) is -2.85. The molecule has 0 spiro atoms. The molecule has 28 heavy (non-hydrogen) atoms. The highest BCUT2D eigenvalue weighted by atomic mass is 17.2. The van der Waals surface area contributed by atoms with Crippen LogP contribution >= 0.6 is 0 Å². The molecule has 0 radical (unpaired) electrons. The molecule has 0 saturated carbocycles. The predicted molar refractivity (Wildman–Crippen MR) is 90.4 cm³/mol. The third kappa shape index (κ3) is 4.74. The second-order valence-corrected chi connectivity index (χ2v) is 6.17. The fourth-order valence-corrected chi connectivity index (χ4v) is 2.49. The van der Waals surface area contributed by atoms with E-state index in [4.69, 9.17) is 21.3 Å². The number of anilines is 1. The Morgan fingerprint density at radius 2 is 1.86 bits per heavy atom. The molecule has 1 aromatic carbocycles. The first-order valence-electron chi connectivity index (χ1n) is 8.21. The minimum absolute atomic E-state index is 0.0295. The summed E-state index contributed by atoms with van der Waals surface area (Å²) >= 11 is 0. The van der Waals surface area contributed by atoms with E-state index in [0.29, 0.717) is 0 Å². The van der Waals surface area contributed by atoms with Gasteiger partial charge in [-0.25, -0.2) is 4.79 Å². The Hall–Kier alpha value is -2.32. The maximum Gasteiger partial charge on any atom is 0.359 e. The number of hydrogen-bond donors (Lipinski definition) is 7. The van der Waals surface area contributed by atoms with Gasteiger partial charge in [0.15, 0.2) is 5.78 Å². The van der Waals surface area contributed by atoms with Crippen LogP contribution in [0, 0.1) is 0 Å². The summed E-state index contributed by atoms with van der Waals surface area (Å²) in [5.74, 6) is -2.12. The molecule has 0 aromatic heterocycles. The summed E-state index contributed by atoms with van der Waals surface area (Å²) in [5.41, 5.74) is 11.0. The first-order chi connectivity index (χ1) is 13.2. The topological polar surface area (TPSA) is 215 Å². The van der Waals surface area contributed by atoms with Crippen LogP contribution in [-0.4, -0.2) is 80.6 Å². The third-order valence-electron chi connectivity index (χ3n) is 4.17. The Morgan fingerprint density at radius 3 is 2.50 bits per heavy atom. The number of aromatic hydroxyl groups is 1. The number of ether oxygens (including phenoxy) is 1. The van der Waals surface area contributed by atoms with Crippen molar-refractivity contribution in [3.8, 4) is 5.75 Å². The quantitative estimate of drug-likeness (QED) is 0.0806. The number of nitrogens with two attached hydrogens (primary N) is 2. The number of hydrogen-bond acceptors (Lipinski definition) is 12. The summed E-state index contributed by atoms with van der Waals surface area (Å²) in [6.45, 7) is -0.696. The number of aliphatic hydroxyl groups is 4. The van der Waals surface area contributed by atoms with Crippen molar-refractivity contribution >= 4 is 17.4 Å². The smallest absolute Gasteiger partial charge is 0.359 e. The van der Waals surface area contributed by atoms with Gasteiger partial charge in [0, 0.05) is 12.0 Å². The highest BCUT2D eigenvalue weighted by Crippen LogP contribution is 2.25. The monoisotopic (exact) mass is 402 g/mol. The molecule has 2 rings (SSSR count). The van der Waals surface area contributed by atoms with E-state index in [1.165, 1.54) is 18.2 Å². The second-order valence-electron chi connectivity index (χ2n) is 6.17. The fraction of sp³-hybridized carbons (Fsp3) is 0.500. The van der Waals surface area contributed by atoms with Gasteiger partial charge in [0.25, 0.3) is 0 Å². The average Bonchev–Trinajstić information content (AvgIpc) is 2.67. The number of Topliss-reactive ketones (excluding diaryl/α,β-unsaturated/α-hetero) is 1. The number of carbonyl (C=O) groups is 2. The van der Waals surface area contributed by atoms with Gasteiger partial charge in [-0.1, -0.05) is 6.07 Å². The van der Waals surface area contributed by atoms with Crippen LogP contribution in [0.5, 0.6) is 5.75 Å². The molecule has 1 heterocycles. The van der Waals surface area contributed by atoms with Gasteiger partial charge in [-0.15, -0.1) is 4.89 Å². The lowest BCUT2D eigenvalue weighted by Crippen LogP contribution is -2.59. The van der Waals surface area contributed by atoms with Gasteiger partial charge in [-0.2, -0.15) is 0 Å². The van der Waals surface area contributed by atoms with Crippen LogP contribution in [-0.2, 0) is 19.3 Å². The number of benzene rings is 1. The van der Waals surface area contributed by atoms with Crippen molar-refractivity contribution in [2.45, 2.75) is 43.2 Å². The third-order valence-corrected chi connectivity index (χ3v) is 4.17. The van der Waals surface area contributed by atoms with Crippen LogP contribution in [0.4, 0.5) is 5.69 Å². The van der Waals surface area contributed by atoms with Gasteiger partial charge in [-0.3, -0.25) is 9.68 Å². The number of nitrogen functional groups attached to an aromatic ring is 1. The van der Waals surface area contributed by atoms with E-state index in [-0.39, 0.29) is 17.0 Å². The number of ketones is 1. The number of rotatable bonds is 7. The van der Waals surface area contributed by atoms with Crippen LogP contribution in [0.1, 0.15) is 16.8 Å². The Kier molecular flexibility index (Phi) is 7.26. The number of para-hydroxylation sites is 1. The largest absolute Gasteiger partial charge is 0.506 e. The van der Waals surface area contributed by atoms with Crippen LogP contribution in [0.15, 0.2) is 18.2 Å². The lowest BCUT2D eigenvalue weighted by molar-refractivity contribution is -0.405. The van der Waals surface area contributed by atoms with E-state index in [2.05, 4.69) is 9.78 Å². The SMILES string of the molecule is Nc1c(O)cccc1C(=O)C[C@H](N)C(=O)OOC1O[C@H](CO)[C@@H](O)[C@H](O)[C@H]1O. The van der Waals surface area contributed by atoms with Crippen molar-refractivity contribution in [1.29, 1.82) is 0 Å². The molecule has 0 aliphatic carbocycles. The van der Waals surface area contributed by atoms with E-state index in [1.807, 2.05) is 0 Å². The molecule has 1 unspecified atom stereocenters. The molecule has 0 bridgehead atoms. The van der Waals surface area contributed by atoms with Crippen molar-refractivity contribution in [3.63, 3.8) is 0 Å². The van der Waals surface area contributed by atoms with E-state index in [0.717, 1.165) is 0 Å². The van der Waals surface area contributed by atoms with Gasteiger partial charge >= 0.3 is 5.97 Å². The summed E-state index contributed by atoms with van der Waals surface area (Å²) in [4.78, 5) is 33.1. The maximum atomic E-state index is 12.2. The molecule has 1 saturated heterocycles. The zero-order valence-corrected chi connectivity index (χ0v) is 14.5. The molecular weight excluding hydrogens is 380 g/mol. The summed E-state index contributed by atoms with van der Waals surface area (Å²) in [6, 6.07) is 2.55. The van der Waals surface area contributed by atoms with E-state index < -0.39 is 61.5 Å². The summed E-state index contributed by atoms with van der Waals surface area (Å²) in [6.07, 6.45) is -8.60. The van der Waals surface area contributed by atoms with Crippen LogP contribution in [0.3, 0.4) is 0 Å². The Bertz CT molecular complexity index is 713. The average molecular weight is 402 g/mol. The second kappa shape index (κ2) is 9.25. The Balaban J connectivity index is 1.92. The fourth-order valence-electron chi connectivity index (χ4n) is 2.49. The van der Waals surface area contributed by atoms with Crippen molar-refractivity contribution in [2.75, 3.05) is 12.3 Å². The van der Waals surface area contributed by atoms with Gasteiger partial charge < -0.3 is 41.7 Å². The zero-order chi connectivity index (χ0) is 21.0. The molecule has 1 aliphatic heterocycles. The van der Waals surface area contributed by atoms with Crippen LogP contribution < -0.4 is 11.5 Å². The normalized spacial score (nSPS) is 28.5. The minimum Gasteiger partial charge on any atom is -0.506 e. The lowest BCUT2D eigenvalue weighted by Gasteiger charge is -2.38. The van der Waals surface area contributed by atoms with Crippen molar-refractivity contribution in [1.82, 2.24) is 0 Å². The van der Waals surface area contributed by atoms with Crippen molar-refractivity contribution < 1.29 is 49.6 Å². The number of phenolic OH excluding ortho intramolecular Hbond substituents is 1. The molecule has 0 amide bonds. The van der Waals surface area contributed by atoms with Crippen molar-refractivity contribution in [2.24, 2.45) is 5.73 Å². The number of phenols is 1. The van der Waals surface area contributed by atoms with Gasteiger partial charge in [0.2, 0.25) is 6.29 Å². The minimum atomic E-state index is -1.78. The summed E-state index contributed by atoms with van der Waals surface area (Å²) in [5, 5.41) is 47.6. The molecule has 1 aliphatic rings. The van der Waals surface area contributed by atoms with Gasteiger partial charge in [0.05, 0.1) is 12.3 Å². The molecule has 12 nitrogen and oxygen atoms in total. The highest BCUT2D eigenvalue weighted by molar-refractivity contribution is 6.03. The number of carbonyl (C=O) groups excluding carboxylic acids is 2. The van der Waals surface area contributed by atoms with Gasteiger partial charge in [-0.05, 0) is 12.1 Å². The summed E-state index contributed by atoms with van der Waals surface area (Å²) in [7, 11) is 0. The van der Waals surface area contributed by atoms with Crippen LogP contribution in [0.25, 0.3) is 0 Å². The molecule has 156 valence electrons. The Morgan fingerprint density at radius 1 is 1.18 bits per heavy atom. The van der Waals surface area contributed by atoms with E-state index >= 15 is 0 Å². The molecule has 1 aromatic rings. The lowest BCUT2D eigenvalue weighted by atomic mass is 9.99. The molecule has 1 fully saturated rings. The maximum absolute atomic E-state index is 12.2. The number of aliphatic hydroxyl groups excluding tert-OH is 4. The van der Waals surface area contributed by atoms with Gasteiger partial charge in [0.1, 0.15) is 36.2 Å². The molecule has 6 atom stereocenters. The van der Waals surface area contributed by atoms with E-state index in [9.17, 15) is 30.0 Å². The first-order valence-corrected chi connectivity index (χ1v) is 8.21. The standard InChI is InChI=1S/C16H22N2O10/c17-7(4-9(21)6-2-1-3-8(20)11(6)18)15(25)27-28-16-14(24)13(23)12(22)10(5-19)26-16/h1-3,7,10,12-14,16,19-20,22-24H,4-5,17-18H2/t7-,10+,12+,13-,14+,16?/m0/s1. The van der Waals surface area contributed by atoms with Crippen LogP contribution in [0.2, 0.25) is 0 Å². The first kappa shape index (κ1) is 22.0. The van der Waals surface area contributed by atoms with E-state index in [1.54, 1.807) is 0 Å². The van der Waals surface area contributed by atoms with Crippen molar-refractivity contribution in [3.05, 3.63) is 23.8 Å². The summed E-state index contributed by atoms with van der Waals surface area (Å²) < 4.78 is 4.98.